The van der Waals surface area contributed by atoms with E-state index in [1.54, 1.807) is 0 Å². The van der Waals surface area contributed by atoms with Crippen LogP contribution in [0.15, 0.2) is 0 Å². The minimum atomic E-state index is -0.459. The molecular formula is C11H18INO4. The van der Waals surface area contributed by atoms with E-state index >= 15 is 0 Å². The third-order valence-electron chi connectivity index (χ3n) is 2.22. The number of imide groups is 1. The Balaban J connectivity index is 3.94. The molecule has 0 saturated heterocycles. The second kappa shape index (κ2) is 8.43. The van der Waals surface area contributed by atoms with Gasteiger partial charge in [0.2, 0.25) is 5.91 Å². The number of carbonyl (C=O) groups is 3. The van der Waals surface area contributed by atoms with Gasteiger partial charge in [-0.05, 0) is 12.3 Å². The summed E-state index contributed by atoms with van der Waals surface area (Å²) in [7, 11) is 0. The van der Waals surface area contributed by atoms with Gasteiger partial charge in [-0.25, -0.2) is 0 Å². The minimum absolute atomic E-state index is 0.00102. The van der Waals surface area contributed by atoms with Crippen molar-refractivity contribution < 1.29 is 19.1 Å². The summed E-state index contributed by atoms with van der Waals surface area (Å²) in [6.45, 7) is 5.89. The molecule has 0 aliphatic carbocycles. The number of ether oxygens (including phenoxy) is 1. The lowest BCUT2D eigenvalue weighted by Gasteiger charge is -2.19. The Kier molecular flexibility index (Phi) is 8.11. The van der Waals surface area contributed by atoms with Crippen molar-refractivity contribution in [3.05, 3.63) is 0 Å². The molecule has 98 valence electrons. The monoisotopic (exact) mass is 355 g/mol. The first-order chi connectivity index (χ1) is 7.86. The molecule has 0 heterocycles. The van der Waals surface area contributed by atoms with Crippen LogP contribution in [0.4, 0.5) is 4.79 Å². The molecule has 2 amide bonds. The molecule has 0 aromatic carbocycles. The fourth-order valence-electron chi connectivity index (χ4n) is 1.31. The van der Waals surface area contributed by atoms with Gasteiger partial charge in [-0.2, -0.15) is 0 Å². The van der Waals surface area contributed by atoms with Gasteiger partial charge in [-0.1, -0.05) is 20.8 Å². The second-order valence-corrected chi connectivity index (χ2v) is 4.98. The van der Waals surface area contributed by atoms with Crippen molar-refractivity contribution in [2.24, 2.45) is 5.92 Å². The molecule has 1 atom stereocenters. The average molecular weight is 355 g/mol. The third-order valence-corrected chi connectivity index (χ3v) is 2.49. The molecule has 0 fully saturated rings. The molecule has 0 rings (SSSR count). The van der Waals surface area contributed by atoms with Gasteiger partial charge in [0.05, 0.1) is 6.42 Å². The smallest absolute Gasteiger partial charge is 0.306 e. The van der Waals surface area contributed by atoms with E-state index in [2.05, 4.69) is 5.32 Å². The molecule has 0 radical (unpaired) electrons. The lowest BCUT2D eigenvalue weighted by atomic mass is 10.1. The molecule has 0 spiro atoms. The van der Waals surface area contributed by atoms with Gasteiger partial charge in [-0.3, -0.25) is 19.7 Å². The first-order valence-corrected chi connectivity index (χ1v) is 6.63. The van der Waals surface area contributed by atoms with Crippen LogP contribution in [0.25, 0.3) is 0 Å². The van der Waals surface area contributed by atoms with Crippen molar-refractivity contribution in [1.29, 1.82) is 0 Å². The van der Waals surface area contributed by atoms with Crippen LogP contribution in [-0.4, -0.2) is 21.9 Å². The number of hydrogen-bond acceptors (Lipinski definition) is 4. The van der Waals surface area contributed by atoms with Crippen LogP contribution in [0.3, 0.4) is 0 Å². The Morgan fingerprint density at radius 1 is 1.24 bits per heavy atom. The standard InChI is InChI=1S/C11H18INO4/c1-4-8(7(2)3)17-10(15)6-5-9(14)13-11(12)16/h7-8H,4-6H2,1-3H3,(H,13,14,16). The lowest BCUT2D eigenvalue weighted by Crippen LogP contribution is -2.27. The van der Waals surface area contributed by atoms with Crippen molar-refractivity contribution in [1.82, 2.24) is 5.32 Å². The van der Waals surface area contributed by atoms with Crippen LogP contribution in [0.2, 0.25) is 0 Å². The largest absolute Gasteiger partial charge is 0.462 e. The van der Waals surface area contributed by atoms with Gasteiger partial charge < -0.3 is 4.74 Å². The molecule has 5 nitrogen and oxygen atoms in total. The van der Waals surface area contributed by atoms with Gasteiger partial charge in [0.15, 0.2) is 0 Å². The molecule has 0 bridgehead atoms. The molecular weight excluding hydrogens is 337 g/mol. The number of carbonyl (C=O) groups excluding carboxylic acids is 3. The Morgan fingerprint density at radius 3 is 2.24 bits per heavy atom. The molecule has 0 aromatic rings. The number of esters is 1. The molecule has 0 aliphatic rings. The molecule has 1 unspecified atom stereocenters. The summed E-state index contributed by atoms with van der Waals surface area (Å²) in [5, 5.41) is 2.09. The summed E-state index contributed by atoms with van der Waals surface area (Å²) in [6, 6.07) is 0. The van der Waals surface area contributed by atoms with E-state index < -0.39 is 15.8 Å². The molecule has 17 heavy (non-hydrogen) atoms. The number of hydrogen-bond donors (Lipinski definition) is 1. The minimum Gasteiger partial charge on any atom is -0.462 e. The van der Waals surface area contributed by atoms with Crippen LogP contribution < -0.4 is 5.32 Å². The number of rotatable bonds is 6. The quantitative estimate of drug-likeness (QED) is 0.344. The fraction of sp³-hybridized carbons (Fsp3) is 0.727. The van der Waals surface area contributed by atoms with Gasteiger partial charge in [-0.15, -0.1) is 0 Å². The Morgan fingerprint density at radius 2 is 1.82 bits per heavy atom. The maximum atomic E-state index is 11.4. The summed E-state index contributed by atoms with van der Waals surface area (Å²) in [6.07, 6.45) is 0.611. The highest BCUT2D eigenvalue weighted by atomic mass is 127. The van der Waals surface area contributed by atoms with Gasteiger partial charge in [0.25, 0.3) is 3.91 Å². The Labute approximate surface area is 115 Å². The van der Waals surface area contributed by atoms with Gasteiger partial charge in [0, 0.05) is 29.0 Å². The van der Waals surface area contributed by atoms with Crippen LogP contribution in [0.5, 0.6) is 0 Å². The van der Waals surface area contributed by atoms with Crippen LogP contribution in [0, 0.1) is 5.92 Å². The Bertz CT molecular complexity index is 291. The highest BCUT2D eigenvalue weighted by Crippen LogP contribution is 2.11. The summed E-state index contributed by atoms with van der Waals surface area (Å²) in [5.41, 5.74) is 0. The normalized spacial score (nSPS) is 12.1. The topological polar surface area (TPSA) is 72.5 Å². The Hall–Kier alpha value is -0.660. The van der Waals surface area contributed by atoms with Crippen molar-refractivity contribution >= 4 is 38.4 Å². The van der Waals surface area contributed by atoms with E-state index in [4.69, 9.17) is 4.74 Å². The maximum absolute atomic E-state index is 11.4. The molecule has 0 saturated carbocycles. The van der Waals surface area contributed by atoms with Crippen molar-refractivity contribution in [3.63, 3.8) is 0 Å². The van der Waals surface area contributed by atoms with E-state index in [0.717, 1.165) is 6.42 Å². The van der Waals surface area contributed by atoms with Crippen LogP contribution in [-0.2, 0) is 14.3 Å². The van der Waals surface area contributed by atoms with Crippen molar-refractivity contribution in [2.45, 2.75) is 46.1 Å². The van der Waals surface area contributed by atoms with Gasteiger partial charge in [0.1, 0.15) is 6.10 Å². The number of amides is 2. The zero-order valence-corrected chi connectivity index (χ0v) is 12.4. The van der Waals surface area contributed by atoms with E-state index in [1.165, 1.54) is 22.6 Å². The molecule has 6 heteroatoms. The van der Waals surface area contributed by atoms with E-state index in [-0.39, 0.29) is 24.9 Å². The predicted octanol–water partition coefficient (Wildman–Crippen LogP) is 2.42. The van der Waals surface area contributed by atoms with Crippen molar-refractivity contribution in [3.8, 4) is 0 Å². The third kappa shape index (κ3) is 8.12. The number of halogens is 1. The summed E-state index contributed by atoms with van der Waals surface area (Å²) in [5.74, 6) is -0.603. The zero-order valence-electron chi connectivity index (χ0n) is 10.3. The first kappa shape index (κ1) is 16.3. The van der Waals surface area contributed by atoms with E-state index in [1.807, 2.05) is 20.8 Å². The molecule has 0 aromatic heterocycles. The highest BCUT2D eigenvalue weighted by Gasteiger charge is 2.17. The van der Waals surface area contributed by atoms with E-state index in [0.29, 0.717) is 0 Å². The average Bonchev–Trinajstić information content (AvgIpc) is 2.21. The SMILES string of the molecule is CCC(OC(=O)CCC(=O)NC(=O)I)C(C)C. The van der Waals surface area contributed by atoms with Crippen LogP contribution >= 0.6 is 22.6 Å². The van der Waals surface area contributed by atoms with Crippen molar-refractivity contribution in [2.75, 3.05) is 0 Å². The highest BCUT2D eigenvalue weighted by molar-refractivity contribution is 14.1. The maximum Gasteiger partial charge on any atom is 0.306 e. The fourth-order valence-corrected chi connectivity index (χ4v) is 1.61. The summed E-state index contributed by atoms with van der Waals surface area (Å²) >= 11 is 1.46. The predicted molar refractivity (Wildman–Crippen MR) is 71.8 cm³/mol. The molecule has 0 aliphatic heterocycles. The van der Waals surface area contributed by atoms with E-state index in [9.17, 15) is 14.4 Å². The first-order valence-electron chi connectivity index (χ1n) is 5.55. The molecule has 1 N–H and O–H groups in total. The zero-order chi connectivity index (χ0) is 13.4. The number of nitrogens with one attached hydrogen (secondary N) is 1. The lowest BCUT2D eigenvalue weighted by molar-refractivity contribution is -0.152. The van der Waals surface area contributed by atoms with Crippen LogP contribution in [0.1, 0.15) is 40.0 Å². The summed E-state index contributed by atoms with van der Waals surface area (Å²) in [4.78, 5) is 33.1. The van der Waals surface area contributed by atoms with Gasteiger partial charge >= 0.3 is 5.97 Å². The summed E-state index contributed by atoms with van der Waals surface area (Å²) < 4.78 is 4.76. The second-order valence-electron chi connectivity index (χ2n) is 4.00.